The minimum absolute atomic E-state index is 0.0210. The van der Waals surface area contributed by atoms with Crippen molar-refractivity contribution in [3.05, 3.63) is 95.6 Å². The standard InChI is InChI=1S/C26H24N2O/c1-18-9-12-23(13-10-18)28(20(3)29)17-22-16-26(21-7-5-4-6-8-21)27-25-14-11-19(2)15-24(22)25/h4-16H,17H2,1-3H3. The molecule has 4 rings (SSSR count). The maximum Gasteiger partial charge on any atom is 0.224 e. The van der Waals surface area contributed by atoms with E-state index in [0.29, 0.717) is 6.54 Å². The first-order valence-electron chi connectivity index (χ1n) is 9.82. The van der Waals surface area contributed by atoms with Crippen LogP contribution in [0.25, 0.3) is 22.2 Å². The molecule has 29 heavy (non-hydrogen) atoms. The average Bonchev–Trinajstić information content (AvgIpc) is 2.73. The molecule has 0 aliphatic rings. The molecule has 0 bridgehead atoms. The fourth-order valence-electron chi connectivity index (χ4n) is 3.58. The Bertz CT molecular complexity index is 1160. The van der Waals surface area contributed by atoms with Gasteiger partial charge in [0, 0.05) is 23.6 Å². The van der Waals surface area contributed by atoms with Crippen LogP contribution in [0.4, 0.5) is 5.69 Å². The van der Waals surface area contributed by atoms with E-state index < -0.39 is 0 Å². The smallest absolute Gasteiger partial charge is 0.224 e. The fraction of sp³-hybridized carbons (Fsp3) is 0.154. The Balaban J connectivity index is 1.85. The van der Waals surface area contributed by atoms with Crippen LogP contribution in [0, 0.1) is 13.8 Å². The number of aromatic nitrogens is 1. The summed E-state index contributed by atoms with van der Waals surface area (Å²) < 4.78 is 0. The number of nitrogens with zero attached hydrogens (tertiary/aromatic N) is 2. The van der Waals surface area contributed by atoms with Gasteiger partial charge in [-0.05, 0) is 49.7 Å². The van der Waals surface area contributed by atoms with Crippen molar-refractivity contribution in [2.24, 2.45) is 0 Å². The topological polar surface area (TPSA) is 33.2 Å². The Morgan fingerprint density at radius 1 is 0.862 bits per heavy atom. The Hall–Kier alpha value is -3.46. The third-order valence-electron chi connectivity index (χ3n) is 5.17. The molecule has 1 aromatic heterocycles. The van der Waals surface area contributed by atoms with Crippen LogP contribution in [0.3, 0.4) is 0 Å². The number of carbonyl (C=O) groups is 1. The molecule has 0 radical (unpaired) electrons. The lowest BCUT2D eigenvalue weighted by Gasteiger charge is -2.23. The Kier molecular flexibility index (Phi) is 5.13. The molecule has 0 aliphatic heterocycles. The Morgan fingerprint density at radius 3 is 2.24 bits per heavy atom. The zero-order valence-corrected chi connectivity index (χ0v) is 17.0. The zero-order chi connectivity index (χ0) is 20.4. The summed E-state index contributed by atoms with van der Waals surface area (Å²) in [7, 11) is 0. The van der Waals surface area contributed by atoms with E-state index in [4.69, 9.17) is 4.98 Å². The van der Waals surface area contributed by atoms with Crippen molar-refractivity contribution in [2.45, 2.75) is 27.3 Å². The monoisotopic (exact) mass is 380 g/mol. The first kappa shape index (κ1) is 18.9. The summed E-state index contributed by atoms with van der Waals surface area (Å²) in [6.45, 7) is 6.25. The molecule has 0 atom stereocenters. The summed E-state index contributed by atoms with van der Waals surface area (Å²) in [4.78, 5) is 19.2. The van der Waals surface area contributed by atoms with Crippen LogP contribution in [-0.4, -0.2) is 10.9 Å². The number of carbonyl (C=O) groups excluding carboxylic acids is 1. The van der Waals surface area contributed by atoms with Gasteiger partial charge in [0.15, 0.2) is 0 Å². The lowest BCUT2D eigenvalue weighted by Crippen LogP contribution is -2.28. The molecule has 3 heteroatoms. The maximum atomic E-state index is 12.5. The normalized spacial score (nSPS) is 10.9. The number of hydrogen-bond acceptors (Lipinski definition) is 2. The van der Waals surface area contributed by atoms with Crippen molar-refractivity contribution in [1.82, 2.24) is 4.98 Å². The average molecular weight is 380 g/mol. The molecular formula is C26H24N2O. The first-order chi connectivity index (χ1) is 14.0. The third kappa shape index (κ3) is 4.04. The second-order valence-electron chi connectivity index (χ2n) is 7.49. The molecule has 0 spiro atoms. The van der Waals surface area contributed by atoms with E-state index in [1.165, 1.54) is 11.1 Å². The summed E-state index contributed by atoms with van der Waals surface area (Å²) in [5.74, 6) is 0.0210. The number of amides is 1. The van der Waals surface area contributed by atoms with Gasteiger partial charge in [0.1, 0.15) is 0 Å². The van der Waals surface area contributed by atoms with Crippen molar-refractivity contribution < 1.29 is 4.79 Å². The number of aryl methyl sites for hydroxylation is 2. The molecule has 144 valence electrons. The summed E-state index contributed by atoms with van der Waals surface area (Å²) in [6.07, 6.45) is 0. The van der Waals surface area contributed by atoms with Crippen LogP contribution in [0.1, 0.15) is 23.6 Å². The summed E-state index contributed by atoms with van der Waals surface area (Å²) in [5, 5.41) is 1.09. The molecule has 3 aromatic carbocycles. The van der Waals surface area contributed by atoms with Gasteiger partial charge in [-0.2, -0.15) is 0 Å². The van der Waals surface area contributed by atoms with Crippen LogP contribution < -0.4 is 4.90 Å². The molecule has 4 aromatic rings. The van der Waals surface area contributed by atoms with Crippen molar-refractivity contribution in [2.75, 3.05) is 4.90 Å². The summed E-state index contributed by atoms with van der Waals surface area (Å²) >= 11 is 0. The predicted octanol–water partition coefficient (Wildman–Crippen LogP) is 6.07. The molecular weight excluding hydrogens is 356 g/mol. The summed E-state index contributed by atoms with van der Waals surface area (Å²) in [6, 6.07) is 26.7. The lowest BCUT2D eigenvalue weighted by molar-refractivity contribution is -0.116. The van der Waals surface area contributed by atoms with Gasteiger partial charge in [-0.1, -0.05) is 59.7 Å². The highest BCUT2D eigenvalue weighted by molar-refractivity contribution is 5.93. The predicted molar refractivity (Wildman–Crippen MR) is 120 cm³/mol. The van der Waals surface area contributed by atoms with Gasteiger partial charge in [-0.15, -0.1) is 0 Å². The molecule has 0 saturated heterocycles. The van der Waals surface area contributed by atoms with E-state index in [2.05, 4.69) is 43.3 Å². The number of pyridine rings is 1. The van der Waals surface area contributed by atoms with Crippen molar-refractivity contribution >= 4 is 22.5 Å². The van der Waals surface area contributed by atoms with Crippen molar-refractivity contribution in [3.63, 3.8) is 0 Å². The van der Waals surface area contributed by atoms with E-state index in [9.17, 15) is 4.79 Å². The molecule has 1 amide bonds. The third-order valence-corrected chi connectivity index (χ3v) is 5.17. The number of rotatable bonds is 4. The van der Waals surface area contributed by atoms with Crippen LogP contribution in [0.2, 0.25) is 0 Å². The van der Waals surface area contributed by atoms with E-state index in [1.807, 2.05) is 54.3 Å². The number of anilines is 1. The lowest BCUT2D eigenvalue weighted by atomic mass is 10.0. The maximum absolute atomic E-state index is 12.5. The van der Waals surface area contributed by atoms with Crippen LogP contribution in [-0.2, 0) is 11.3 Å². The minimum atomic E-state index is 0.0210. The molecule has 0 saturated carbocycles. The van der Waals surface area contributed by atoms with Gasteiger partial charge in [0.25, 0.3) is 0 Å². The molecule has 0 fully saturated rings. The fourth-order valence-corrected chi connectivity index (χ4v) is 3.58. The second-order valence-corrected chi connectivity index (χ2v) is 7.49. The highest BCUT2D eigenvalue weighted by Crippen LogP contribution is 2.28. The first-order valence-corrected chi connectivity index (χ1v) is 9.82. The quantitative estimate of drug-likeness (QED) is 0.430. The van der Waals surface area contributed by atoms with Crippen LogP contribution >= 0.6 is 0 Å². The molecule has 0 N–H and O–H groups in total. The van der Waals surface area contributed by atoms with Gasteiger partial charge in [-0.25, -0.2) is 4.98 Å². The van der Waals surface area contributed by atoms with E-state index >= 15 is 0 Å². The van der Waals surface area contributed by atoms with Crippen molar-refractivity contribution in [3.8, 4) is 11.3 Å². The SMILES string of the molecule is CC(=O)N(Cc1cc(-c2ccccc2)nc2ccc(C)cc12)c1ccc(C)cc1. The van der Waals surface area contributed by atoms with E-state index in [0.717, 1.165) is 33.4 Å². The molecule has 0 unspecified atom stereocenters. The van der Waals surface area contributed by atoms with Gasteiger partial charge in [0.2, 0.25) is 5.91 Å². The second kappa shape index (κ2) is 7.88. The van der Waals surface area contributed by atoms with E-state index in [-0.39, 0.29) is 5.91 Å². The highest BCUT2D eigenvalue weighted by Gasteiger charge is 2.16. The number of fused-ring (bicyclic) bond motifs is 1. The minimum Gasteiger partial charge on any atom is -0.308 e. The number of hydrogen-bond donors (Lipinski definition) is 0. The molecule has 3 nitrogen and oxygen atoms in total. The van der Waals surface area contributed by atoms with Gasteiger partial charge in [0.05, 0.1) is 17.8 Å². The van der Waals surface area contributed by atoms with Gasteiger partial charge in [-0.3, -0.25) is 4.79 Å². The van der Waals surface area contributed by atoms with Crippen molar-refractivity contribution in [1.29, 1.82) is 0 Å². The van der Waals surface area contributed by atoms with Crippen LogP contribution in [0.15, 0.2) is 78.9 Å². The molecule has 0 aliphatic carbocycles. The van der Waals surface area contributed by atoms with Crippen LogP contribution in [0.5, 0.6) is 0 Å². The largest absolute Gasteiger partial charge is 0.308 e. The summed E-state index contributed by atoms with van der Waals surface area (Å²) in [5.41, 5.74) is 7.28. The highest BCUT2D eigenvalue weighted by atomic mass is 16.2. The van der Waals surface area contributed by atoms with Gasteiger partial charge < -0.3 is 4.90 Å². The number of benzene rings is 3. The Labute approximate surface area is 171 Å². The Morgan fingerprint density at radius 2 is 1.55 bits per heavy atom. The zero-order valence-electron chi connectivity index (χ0n) is 17.0. The molecule has 1 heterocycles. The van der Waals surface area contributed by atoms with E-state index in [1.54, 1.807) is 6.92 Å². The van der Waals surface area contributed by atoms with Gasteiger partial charge >= 0.3 is 0 Å².